The quantitative estimate of drug-likeness (QED) is 0.732. The Morgan fingerprint density at radius 2 is 1.96 bits per heavy atom. The highest BCUT2D eigenvalue weighted by Crippen LogP contribution is 2.28. The van der Waals surface area contributed by atoms with E-state index in [1.807, 2.05) is 35.2 Å². The Morgan fingerprint density at radius 1 is 1.19 bits per heavy atom. The normalized spacial score (nSPS) is 13.8. The average molecular weight is 345 g/mol. The van der Waals surface area contributed by atoms with Crippen molar-refractivity contribution in [2.75, 3.05) is 5.32 Å². The van der Waals surface area contributed by atoms with Crippen LogP contribution in [-0.2, 0) is 6.54 Å². The SMILES string of the molecule is N#Cc1ccc(NC(=O)N(Cc2cc3ccccc3o2)C2CCC2)cc1. The lowest BCUT2D eigenvalue weighted by atomic mass is 9.91. The maximum Gasteiger partial charge on any atom is 0.322 e. The lowest BCUT2D eigenvalue weighted by molar-refractivity contribution is 0.138. The number of para-hydroxylation sites is 1. The van der Waals surface area contributed by atoms with E-state index < -0.39 is 0 Å². The highest BCUT2D eigenvalue weighted by molar-refractivity contribution is 5.89. The van der Waals surface area contributed by atoms with Crippen molar-refractivity contribution in [1.82, 2.24) is 4.90 Å². The molecule has 2 amide bonds. The van der Waals surface area contributed by atoms with E-state index in [1.54, 1.807) is 24.3 Å². The molecular weight excluding hydrogens is 326 g/mol. The maximum atomic E-state index is 12.8. The molecule has 1 aromatic heterocycles. The minimum atomic E-state index is -0.139. The van der Waals surface area contributed by atoms with E-state index in [9.17, 15) is 4.79 Å². The van der Waals surface area contributed by atoms with Gasteiger partial charge in [-0.05, 0) is 55.7 Å². The van der Waals surface area contributed by atoms with Crippen molar-refractivity contribution in [2.45, 2.75) is 31.8 Å². The minimum absolute atomic E-state index is 0.139. The maximum absolute atomic E-state index is 12.8. The first-order valence-corrected chi connectivity index (χ1v) is 8.78. The molecule has 130 valence electrons. The number of nitrogens with zero attached hydrogens (tertiary/aromatic N) is 2. The Labute approximate surface area is 151 Å². The third-order valence-electron chi connectivity index (χ3n) is 4.84. The molecule has 1 N–H and O–H groups in total. The third-order valence-corrected chi connectivity index (χ3v) is 4.84. The second-order valence-corrected chi connectivity index (χ2v) is 6.58. The molecular formula is C21H19N3O2. The fraction of sp³-hybridized carbons (Fsp3) is 0.238. The summed E-state index contributed by atoms with van der Waals surface area (Å²) in [6.45, 7) is 0.446. The van der Waals surface area contributed by atoms with Gasteiger partial charge in [-0.15, -0.1) is 0 Å². The summed E-state index contributed by atoms with van der Waals surface area (Å²) in [5.41, 5.74) is 2.09. The smallest absolute Gasteiger partial charge is 0.322 e. The van der Waals surface area contributed by atoms with Crippen LogP contribution in [0, 0.1) is 11.3 Å². The van der Waals surface area contributed by atoms with E-state index in [0.29, 0.717) is 17.8 Å². The van der Waals surface area contributed by atoms with Crippen molar-refractivity contribution in [3.05, 3.63) is 65.9 Å². The summed E-state index contributed by atoms with van der Waals surface area (Å²) in [7, 11) is 0. The molecule has 4 rings (SSSR count). The molecule has 1 aliphatic carbocycles. The zero-order chi connectivity index (χ0) is 17.9. The highest BCUT2D eigenvalue weighted by atomic mass is 16.3. The van der Waals surface area contributed by atoms with E-state index in [1.165, 1.54) is 0 Å². The highest BCUT2D eigenvalue weighted by Gasteiger charge is 2.29. The molecule has 1 fully saturated rings. The van der Waals surface area contributed by atoms with Crippen molar-refractivity contribution in [2.24, 2.45) is 0 Å². The molecule has 1 heterocycles. The van der Waals surface area contributed by atoms with Crippen molar-refractivity contribution < 1.29 is 9.21 Å². The molecule has 0 radical (unpaired) electrons. The van der Waals surface area contributed by atoms with Gasteiger partial charge in [0.15, 0.2) is 0 Å². The summed E-state index contributed by atoms with van der Waals surface area (Å²) >= 11 is 0. The number of rotatable bonds is 4. The largest absolute Gasteiger partial charge is 0.459 e. The van der Waals surface area contributed by atoms with Crippen molar-refractivity contribution in [3.8, 4) is 6.07 Å². The van der Waals surface area contributed by atoms with Crippen LogP contribution in [0.1, 0.15) is 30.6 Å². The molecule has 0 saturated heterocycles. The van der Waals surface area contributed by atoms with Crippen LogP contribution in [0.5, 0.6) is 0 Å². The van der Waals surface area contributed by atoms with Crippen molar-refractivity contribution in [3.63, 3.8) is 0 Å². The minimum Gasteiger partial charge on any atom is -0.459 e. The molecule has 0 aliphatic heterocycles. The van der Waals surface area contributed by atoms with E-state index in [4.69, 9.17) is 9.68 Å². The summed E-state index contributed by atoms with van der Waals surface area (Å²) in [5.74, 6) is 0.785. The molecule has 0 unspecified atom stereocenters. The predicted octanol–water partition coefficient (Wildman–Crippen LogP) is 4.89. The van der Waals surface area contributed by atoms with E-state index in [2.05, 4.69) is 11.4 Å². The number of benzene rings is 2. The molecule has 1 saturated carbocycles. The molecule has 2 aromatic carbocycles. The first-order chi connectivity index (χ1) is 12.7. The topological polar surface area (TPSA) is 69.3 Å². The fourth-order valence-electron chi connectivity index (χ4n) is 3.17. The van der Waals surface area contributed by atoms with Gasteiger partial charge < -0.3 is 14.6 Å². The van der Waals surface area contributed by atoms with Gasteiger partial charge in [-0.1, -0.05) is 18.2 Å². The van der Waals surface area contributed by atoms with Gasteiger partial charge in [-0.25, -0.2) is 4.79 Å². The van der Waals surface area contributed by atoms with Gasteiger partial charge in [-0.2, -0.15) is 5.26 Å². The number of carbonyl (C=O) groups is 1. The average Bonchev–Trinajstić information content (AvgIpc) is 3.03. The number of urea groups is 1. The molecule has 0 spiro atoms. The Balaban J connectivity index is 1.52. The van der Waals surface area contributed by atoms with Crippen LogP contribution < -0.4 is 5.32 Å². The number of amides is 2. The van der Waals surface area contributed by atoms with Crippen LogP contribution in [0.25, 0.3) is 11.0 Å². The van der Waals surface area contributed by atoms with Crippen molar-refractivity contribution >= 4 is 22.7 Å². The van der Waals surface area contributed by atoms with Gasteiger partial charge in [-0.3, -0.25) is 0 Å². The monoisotopic (exact) mass is 345 g/mol. The summed E-state index contributed by atoms with van der Waals surface area (Å²) < 4.78 is 5.89. The number of hydrogen-bond donors (Lipinski definition) is 1. The Kier molecular flexibility index (Phi) is 4.32. The molecule has 5 nitrogen and oxygen atoms in total. The second kappa shape index (κ2) is 6.93. The van der Waals surface area contributed by atoms with Crippen LogP contribution in [0.3, 0.4) is 0 Å². The summed E-state index contributed by atoms with van der Waals surface area (Å²) in [4.78, 5) is 14.7. The van der Waals surface area contributed by atoms with Gasteiger partial charge in [0.1, 0.15) is 11.3 Å². The van der Waals surface area contributed by atoms with Gasteiger partial charge in [0.05, 0.1) is 18.2 Å². The van der Waals surface area contributed by atoms with E-state index in [-0.39, 0.29) is 12.1 Å². The number of hydrogen-bond acceptors (Lipinski definition) is 3. The zero-order valence-corrected chi connectivity index (χ0v) is 14.3. The molecule has 5 heteroatoms. The first-order valence-electron chi connectivity index (χ1n) is 8.78. The lowest BCUT2D eigenvalue weighted by Crippen LogP contribution is -2.45. The third kappa shape index (κ3) is 3.27. The molecule has 1 aliphatic rings. The van der Waals surface area contributed by atoms with Crippen molar-refractivity contribution in [1.29, 1.82) is 5.26 Å². The van der Waals surface area contributed by atoms with E-state index in [0.717, 1.165) is 36.0 Å². The molecule has 0 atom stereocenters. The lowest BCUT2D eigenvalue weighted by Gasteiger charge is -2.37. The number of nitriles is 1. The number of nitrogens with one attached hydrogen (secondary N) is 1. The number of fused-ring (bicyclic) bond motifs is 1. The summed E-state index contributed by atoms with van der Waals surface area (Å²) in [6.07, 6.45) is 3.17. The van der Waals surface area contributed by atoms with Crippen LogP contribution >= 0.6 is 0 Å². The van der Waals surface area contributed by atoms with Gasteiger partial charge in [0.25, 0.3) is 0 Å². The molecule has 26 heavy (non-hydrogen) atoms. The summed E-state index contributed by atoms with van der Waals surface area (Å²) in [5, 5.41) is 12.9. The Hall–Kier alpha value is -3.26. The van der Waals surface area contributed by atoms with Crippen LogP contribution in [0.4, 0.5) is 10.5 Å². The standard InChI is InChI=1S/C21H19N3O2/c22-13-15-8-10-17(11-9-15)23-21(25)24(18-5-3-6-18)14-19-12-16-4-1-2-7-20(16)26-19/h1-2,4,7-12,18H,3,5-6,14H2,(H,23,25). The zero-order valence-electron chi connectivity index (χ0n) is 14.3. The Morgan fingerprint density at radius 3 is 2.62 bits per heavy atom. The number of anilines is 1. The Bertz CT molecular complexity index is 932. The van der Waals surface area contributed by atoms with E-state index >= 15 is 0 Å². The summed E-state index contributed by atoms with van der Waals surface area (Å²) in [6, 6.07) is 18.9. The first kappa shape index (κ1) is 16.2. The van der Waals surface area contributed by atoms with Gasteiger partial charge in [0.2, 0.25) is 0 Å². The van der Waals surface area contributed by atoms with Crippen LogP contribution in [0.2, 0.25) is 0 Å². The van der Waals surface area contributed by atoms with Gasteiger partial charge in [0, 0.05) is 17.1 Å². The van der Waals surface area contributed by atoms with Crippen LogP contribution in [0.15, 0.2) is 59.0 Å². The van der Waals surface area contributed by atoms with Gasteiger partial charge >= 0.3 is 6.03 Å². The number of carbonyl (C=O) groups excluding carboxylic acids is 1. The fourth-order valence-corrected chi connectivity index (χ4v) is 3.17. The second-order valence-electron chi connectivity index (χ2n) is 6.58. The molecule has 0 bridgehead atoms. The number of furan rings is 1. The molecule has 3 aromatic rings. The predicted molar refractivity (Wildman–Crippen MR) is 99.6 cm³/mol. The van der Waals surface area contributed by atoms with Crippen LogP contribution in [-0.4, -0.2) is 17.0 Å².